The maximum atomic E-state index is 8.90. The van der Waals surface area contributed by atoms with Crippen LogP contribution in [0.5, 0.6) is 11.5 Å². The van der Waals surface area contributed by atoms with E-state index in [1.807, 2.05) is 26.0 Å². The van der Waals surface area contributed by atoms with Gasteiger partial charge < -0.3 is 20.3 Å². The molecule has 3 N–H and O–H groups in total. The number of hydrogen-bond donors (Lipinski definition) is 2. The van der Waals surface area contributed by atoms with Crippen molar-refractivity contribution in [3.63, 3.8) is 0 Å². The third-order valence-corrected chi connectivity index (χ3v) is 3.19. The smallest absolute Gasteiger partial charge is 0.231 e. The predicted molar refractivity (Wildman–Crippen MR) is 65.2 cm³/mol. The highest BCUT2D eigenvalue weighted by atomic mass is 16.7. The van der Waals surface area contributed by atoms with Gasteiger partial charge in [0.1, 0.15) is 0 Å². The molecule has 0 saturated heterocycles. The molecule has 1 aromatic carbocycles. The monoisotopic (exact) mass is 237 g/mol. The van der Waals surface area contributed by atoms with Crippen molar-refractivity contribution in [3.05, 3.63) is 23.3 Å². The van der Waals surface area contributed by atoms with Gasteiger partial charge >= 0.3 is 0 Å². The minimum Gasteiger partial charge on any atom is -0.454 e. The Labute approximate surface area is 101 Å². The minimum atomic E-state index is -0.451. The molecule has 17 heavy (non-hydrogen) atoms. The molecule has 0 spiro atoms. The lowest BCUT2D eigenvalue weighted by Gasteiger charge is -2.27. The largest absolute Gasteiger partial charge is 0.454 e. The lowest BCUT2D eigenvalue weighted by Crippen LogP contribution is -2.34. The average molecular weight is 237 g/mol. The maximum absolute atomic E-state index is 8.90. The number of hydrogen-bond acceptors (Lipinski definition) is 4. The molecule has 0 aliphatic carbocycles. The zero-order valence-corrected chi connectivity index (χ0v) is 10.3. The molecule has 1 unspecified atom stereocenters. The van der Waals surface area contributed by atoms with Crippen LogP contribution in [0, 0.1) is 6.92 Å². The predicted octanol–water partition coefficient (Wildman–Crippen LogP) is 1.67. The van der Waals surface area contributed by atoms with Gasteiger partial charge in [0.25, 0.3) is 0 Å². The first kappa shape index (κ1) is 12.2. The van der Waals surface area contributed by atoms with Crippen LogP contribution in [0.25, 0.3) is 0 Å². The Balaban J connectivity index is 2.31. The molecular weight excluding hydrogens is 218 g/mol. The van der Waals surface area contributed by atoms with Gasteiger partial charge in [-0.25, -0.2) is 0 Å². The maximum Gasteiger partial charge on any atom is 0.231 e. The Morgan fingerprint density at radius 2 is 2.00 bits per heavy atom. The van der Waals surface area contributed by atoms with Crippen molar-refractivity contribution >= 4 is 0 Å². The summed E-state index contributed by atoms with van der Waals surface area (Å²) in [6, 6.07) is 3.91. The van der Waals surface area contributed by atoms with E-state index >= 15 is 0 Å². The van der Waals surface area contributed by atoms with Crippen LogP contribution >= 0.6 is 0 Å². The molecule has 0 bridgehead atoms. The molecule has 1 atom stereocenters. The van der Waals surface area contributed by atoms with E-state index < -0.39 is 5.54 Å². The number of nitrogens with two attached hydrogens (primary N) is 1. The van der Waals surface area contributed by atoms with Crippen LogP contribution in [-0.4, -0.2) is 18.5 Å². The van der Waals surface area contributed by atoms with E-state index in [-0.39, 0.29) is 13.4 Å². The summed E-state index contributed by atoms with van der Waals surface area (Å²) < 4.78 is 10.7. The van der Waals surface area contributed by atoms with Crippen molar-refractivity contribution in [3.8, 4) is 11.5 Å². The van der Waals surface area contributed by atoms with Crippen molar-refractivity contribution in [2.24, 2.45) is 5.73 Å². The van der Waals surface area contributed by atoms with Crippen molar-refractivity contribution in [1.82, 2.24) is 0 Å². The molecule has 94 valence electrons. The first-order chi connectivity index (χ1) is 8.04. The van der Waals surface area contributed by atoms with Gasteiger partial charge in [-0.3, -0.25) is 0 Å². The van der Waals surface area contributed by atoms with Crippen molar-refractivity contribution < 1.29 is 14.6 Å². The fourth-order valence-corrected chi connectivity index (χ4v) is 2.24. The Morgan fingerprint density at radius 1 is 1.35 bits per heavy atom. The van der Waals surface area contributed by atoms with Gasteiger partial charge in [-0.2, -0.15) is 0 Å². The third kappa shape index (κ3) is 2.37. The van der Waals surface area contributed by atoms with E-state index in [2.05, 4.69) is 0 Å². The molecule has 2 rings (SSSR count). The second-order valence-electron chi connectivity index (χ2n) is 4.77. The topological polar surface area (TPSA) is 64.7 Å². The average Bonchev–Trinajstić information content (AvgIpc) is 2.72. The van der Waals surface area contributed by atoms with E-state index in [0.717, 1.165) is 29.0 Å². The first-order valence-corrected chi connectivity index (χ1v) is 5.85. The molecule has 1 aliphatic heterocycles. The molecule has 0 amide bonds. The van der Waals surface area contributed by atoms with E-state index in [1.165, 1.54) is 0 Å². The second-order valence-corrected chi connectivity index (χ2v) is 4.77. The molecule has 0 radical (unpaired) electrons. The number of aliphatic hydroxyl groups excluding tert-OH is 1. The summed E-state index contributed by atoms with van der Waals surface area (Å²) in [5.74, 6) is 1.54. The Morgan fingerprint density at radius 3 is 2.65 bits per heavy atom. The van der Waals surface area contributed by atoms with Crippen molar-refractivity contribution in [2.75, 3.05) is 13.4 Å². The molecule has 0 saturated carbocycles. The van der Waals surface area contributed by atoms with Crippen LogP contribution in [-0.2, 0) is 5.54 Å². The molecular formula is C13H19NO3. The molecule has 4 nitrogen and oxygen atoms in total. The lowest BCUT2D eigenvalue weighted by molar-refractivity contribution is 0.174. The summed E-state index contributed by atoms with van der Waals surface area (Å²) in [5, 5.41) is 8.90. The molecule has 1 heterocycles. The zero-order chi connectivity index (χ0) is 12.5. The lowest BCUT2D eigenvalue weighted by atomic mass is 9.85. The first-order valence-electron chi connectivity index (χ1n) is 5.85. The molecule has 4 heteroatoms. The fourth-order valence-electron chi connectivity index (χ4n) is 2.24. The Kier molecular flexibility index (Phi) is 3.26. The third-order valence-electron chi connectivity index (χ3n) is 3.19. The van der Waals surface area contributed by atoms with Gasteiger partial charge in [0.15, 0.2) is 11.5 Å². The highest BCUT2D eigenvalue weighted by Gasteiger charge is 2.26. The van der Waals surface area contributed by atoms with Gasteiger partial charge in [-0.1, -0.05) is 0 Å². The van der Waals surface area contributed by atoms with E-state index in [9.17, 15) is 0 Å². The summed E-state index contributed by atoms with van der Waals surface area (Å²) in [5.41, 5.74) is 8.01. The zero-order valence-electron chi connectivity index (χ0n) is 10.3. The summed E-state index contributed by atoms with van der Waals surface area (Å²) in [6.45, 7) is 4.43. The van der Waals surface area contributed by atoms with Gasteiger partial charge in [0.05, 0.1) is 0 Å². The van der Waals surface area contributed by atoms with Crippen LogP contribution in [0.3, 0.4) is 0 Å². The summed E-state index contributed by atoms with van der Waals surface area (Å²) in [4.78, 5) is 0. The van der Waals surface area contributed by atoms with Crippen LogP contribution in [0.1, 0.15) is 30.9 Å². The Hall–Kier alpha value is -1.26. The molecule has 1 aliphatic rings. The number of ether oxygens (including phenoxy) is 2. The fraction of sp³-hybridized carbons (Fsp3) is 0.538. The minimum absolute atomic E-state index is 0.163. The van der Waals surface area contributed by atoms with Gasteiger partial charge in [-0.15, -0.1) is 0 Å². The number of rotatable bonds is 4. The number of benzene rings is 1. The van der Waals surface area contributed by atoms with Gasteiger partial charge in [0.2, 0.25) is 6.79 Å². The quantitative estimate of drug-likeness (QED) is 0.836. The van der Waals surface area contributed by atoms with Crippen LogP contribution in [0.15, 0.2) is 12.1 Å². The van der Waals surface area contributed by atoms with Crippen molar-refractivity contribution in [1.29, 1.82) is 0 Å². The number of aryl methyl sites for hydroxylation is 1. The number of fused-ring (bicyclic) bond motifs is 1. The summed E-state index contributed by atoms with van der Waals surface area (Å²) in [6.07, 6.45) is 1.44. The van der Waals surface area contributed by atoms with Crippen LogP contribution in [0.2, 0.25) is 0 Å². The molecule has 1 aromatic rings. The SMILES string of the molecule is Cc1cc2c(cc1C(C)(N)CCCO)OCO2. The van der Waals surface area contributed by atoms with Crippen molar-refractivity contribution in [2.45, 2.75) is 32.2 Å². The standard InChI is InChI=1S/C13H19NO3/c1-9-6-11-12(17-8-16-11)7-10(9)13(2,14)4-3-5-15/h6-7,15H,3-5,8,14H2,1-2H3. The van der Waals surface area contributed by atoms with Gasteiger partial charge in [-0.05, 0) is 49.9 Å². The Bertz CT molecular complexity index is 415. The highest BCUT2D eigenvalue weighted by molar-refractivity contribution is 5.50. The summed E-state index contributed by atoms with van der Waals surface area (Å²) in [7, 11) is 0. The van der Waals surface area contributed by atoms with Gasteiger partial charge in [0, 0.05) is 12.1 Å². The normalized spacial score (nSPS) is 16.9. The van der Waals surface area contributed by atoms with Crippen LogP contribution in [0.4, 0.5) is 0 Å². The highest BCUT2D eigenvalue weighted by Crippen LogP contribution is 2.38. The van der Waals surface area contributed by atoms with E-state index in [1.54, 1.807) is 0 Å². The van der Waals surface area contributed by atoms with E-state index in [4.69, 9.17) is 20.3 Å². The number of aliphatic hydroxyl groups is 1. The molecule has 0 fully saturated rings. The molecule has 0 aromatic heterocycles. The summed E-state index contributed by atoms with van der Waals surface area (Å²) >= 11 is 0. The second kappa shape index (κ2) is 4.55. The van der Waals surface area contributed by atoms with E-state index in [0.29, 0.717) is 6.42 Å². The van der Waals surface area contributed by atoms with Crippen LogP contribution < -0.4 is 15.2 Å².